The molecule has 3 atom stereocenters. The number of carboxylic acids is 1. The Morgan fingerprint density at radius 3 is 2.95 bits per heavy atom. The van der Waals surface area contributed by atoms with Crippen LogP contribution in [0.2, 0.25) is 0 Å². The lowest BCUT2D eigenvalue weighted by atomic mass is 9.83. The number of nitrogens with two attached hydrogens (primary N) is 1. The zero-order valence-electron chi connectivity index (χ0n) is 15.1. The molecule has 1 amide bonds. The van der Waals surface area contributed by atoms with Crippen LogP contribution in [0.1, 0.15) is 18.8 Å². The number of β-lactam (4-membered cyclic amide) rings is 1. The quantitative estimate of drug-likeness (QED) is 0.317. The minimum absolute atomic E-state index is 0. The van der Waals surface area contributed by atoms with E-state index in [1.165, 1.54) is 6.92 Å². The van der Waals surface area contributed by atoms with Gasteiger partial charge in [0.05, 0.1) is 33.6 Å². The van der Waals surface area contributed by atoms with Gasteiger partial charge in [0.15, 0.2) is 0 Å². The maximum atomic E-state index is 12.1. The van der Waals surface area contributed by atoms with Gasteiger partial charge in [0, 0.05) is 19.8 Å². The van der Waals surface area contributed by atoms with Crippen molar-refractivity contribution >= 4 is 30.0 Å². The Morgan fingerprint density at radius 1 is 1.76 bits per heavy atom. The van der Waals surface area contributed by atoms with E-state index in [9.17, 15) is 19.8 Å². The predicted molar refractivity (Wildman–Crippen MR) is 78.7 cm³/mol. The molecule has 0 aromatic carbocycles. The number of aliphatic carboxylic acids is 1. The molecule has 1 fully saturated rings. The van der Waals surface area contributed by atoms with Crippen molar-refractivity contribution < 1.29 is 30.8 Å². The lowest BCUT2D eigenvalue weighted by molar-refractivity contribution is -0.161. The fourth-order valence-corrected chi connectivity index (χ4v) is 3.23. The van der Waals surface area contributed by atoms with Gasteiger partial charge in [-0.25, -0.2) is 4.79 Å². The molecular weight excluding hydrogens is 298 g/mol. The highest BCUT2D eigenvalue weighted by molar-refractivity contribution is 8.03. The van der Waals surface area contributed by atoms with Crippen molar-refractivity contribution in [2.24, 2.45) is 16.6 Å². The van der Waals surface area contributed by atoms with Gasteiger partial charge in [0.25, 0.3) is 0 Å². The number of hydrogen-bond donors (Lipinski definition) is 3. The molecule has 21 heavy (non-hydrogen) atoms. The summed E-state index contributed by atoms with van der Waals surface area (Å²) in [6.45, 7) is -1.26. The largest absolute Gasteiger partial charge is 0.477 e. The Labute approximate surface area is 131 Å². The molecule has 0 bridgehead atoms. The molecule has 0 unspecified atom stereocenters. The highest BCUT2D eigenvalue weighted by Gasteiger charge is 2.56. The first-order valence-corrected chi connectivity index (χ1v) is 6.68. The second-order valence-corrected chi connectivity index (χ2v) is 5.32. The molecule has 2 aliphatic rings. The number of rotatable bonds is 6. The van der Waals surface area contributed by atoms with Gasteiger partial charge < -0.3 is 26.3 Å². The number of hydrogen-bond acceptors (Lipinski definition) is 5. The first kappa shape index (κ1) is 12.0. The lowest BCUT2D eigenvalue weighted by Gasteiger charge is -2.44. The van der Waals surface area contributed by atoms with Crippen LogP contribution < -0.4 is 5.73 Å². The maximum Gasteiger partial charge on any atom is 0.353 e. The van der Waals surface area contributed by atoms with E-state index in [2.05, 4.69) is 4.99 Å². The standard InChI is InChI=1S/C12H17N3O4S.H2O/c1-6(16)9-7-4-8(20-3-2-14-5-13)10(12(18)19)15(7)11(9)17;/h5-7,9,16H,2-4H2,1H3,(H2,13,14)(H,18,19);1H2/t6-,7-,9-;/m1./s1/i2D2,3D2;. The summed E-state index contributed by atoms with van der Waals surface area (Å²) in [6, 6.07) is -0.564. The zero-order chi connectivity index (χ0) is 18.4. The van der Waals surface area contributed by atoms with Crippen molar-refractivity contribution in [2.45, 2.75) is 25.5 Å². The van der Waals surface area contributed by atoms with Crippen LogP contribution in [0.15, 0.2) is 15.6 Å². The normalized spacial score (nSPS) is 29.8. The van der Waals surface area contributed by atoms with E-state index in [0.717, 1.165) is 4.90 Å². The predicted octanol–water partition coefficient (Wildman–Crippen LogP) is -1.21. The average molecular weight is 321 g/mol. The van der Waals surface area contributed by atoms with Gasteiger partial charge >= 0.3 is 5.97 Å². The molecule has 2 rings (SSSR count). The summed E-state index contributed by atoms with van der Waals surface area (Å²) in [7, 11) is 0. The molecule has 0 saturated carbocycles. The Bertz CT molecular complexity index is 640. The Morgan fingerprint density at radius 2 is 2.43 bits per heavy atom. The van der Waals surface area contributed by atoms with Crippen LogP contribution in [-0.2, 0) is 9.59 Å². The maximum absolute atomic E-state index is 12.1. The van der Waals surface area contributed by atoms with Gasteiger partial charge in [-0.2, -0.15) is 0 Å². The molecule has 0 aromatic heterocycles. The number of aliphatic hydroxyl groups excluding tert-OH is 1. The molecule has 1 saturated heterocycles. The smallest absolute Gasteiger partial charge is 0.353 e. The van der Waals surface area contributed by atoms with Gasteiger partial charge in [-0.1, -0.05) is 0 Å². The van der Waals surface area contributed by atoms with Crippen molar-refractivity contribution in [2.75, 3.05) is 12.2 Å². The fraction of sp³-hybridized carbons (Fsp3) is 0.583. The van der Waals surface area contributed by atoms with Crippen LogP contribution in [-0.4, -0.2) is 63.2 Å². The Balaban J connectivity index is 0.00000312. The van der Waals surface area contributed by atoms with E-state index in [0.29, 0.717) is 18.1 Å². The number of carbonyl (C=O) groups is 2. The van der Waals surface area contributed by atoms with Crippen molar-refractivity contribution in [1.82, 2.24) is 4.90 Å². The summed E-state index contributed by atoms with van der Waals surface area (Å²) in [4.78, 5) is 27.9. The van der Waals surface area contributed by atoms with Crippen LogP contribution >= 0.6 is 11.8 Å². The molecular formula is C12H19N3O5S. The monoisotopic (exact) mass is 321 g/mol. The first-order valence-electron chi connectivity index (χ1n) is 7.86. The van der Waals surface area contributed by atoms with Crippen molar-refractivity contribution in [3.05, 3.63) is 10.6 Å². The number of aliphatic imine (C=N–C) groups is 1. The molecule has 0 spiro atoms. The van der Waals surface area contributed by atoms with E-state index >= 15 is 0 Å². The summed E-state index contributed by atoms with van der Waals surface area (Å²) in [6.07, 6.45) is -0.280. The summed E-state index contributed by atoms with van der Waals surface area (Å²) >= 11 is 0.368. The van der Waals surface area contributed by atoms with Crippen LogP contribution in [0.3, 0.4) is 0 Å². The highest BCUT2D eigenvalue weighted by Crippen LogP contribution is 2.46. The summed E-state index contributed by atoms with van der Waals surface area (Å²) in [5, 5.41) is 19.0. The third-order valence-corrected chi connectivity index (χ3v) is 4.05. The van der Waals surface area contributed by atoms with E-state index in [1.807, 2.05) is 0 Å². The molecule has 9 heteroatoms. The number of fused-ring (bicyclic) bond motifs is 1. The zero-order valence-corrected chi connectivity index (χ0v) is 11.9. The Kier molecular flexibility index (Phi) is 3.96. The third-order valence-electron chi connectivity index (χ3n) is 3.25. The number of amides is 1. The van der Waals surface area contributed by atoms with E-state index in [1.54, 1.807) is 0 Å². The van der Waals surface area contributed by atoms with Gasteiger partial charge in [0.1, 0.15) is 5.70 Å². The van der Waals surface area contributed by atoms with Crippen LogP contribution in [0.4, 0.5) is 0 Å². The second-order valence-electron chi connectivity index (χ2n) is 4.42. The average Bonchev–Trinajstić information content (AvgIpc) is 2.71. The molecule has 6 N–H and O–H groups in total. The molecule has 0 radical (unpaired) electrons. The molecule has 2 heterocycles. The van der Waals surface area contributed by atoms with Crippen molar-refractivity contribution in [3.63, 3.8) is 0 Å². The van der Waals surface area contributed by atoms with Crippen LogP contribution in [0.5, 0.6) is 0 Å². The number of thioether (sulfide) groups is 1. The minimum atomic E-state index is -2.69. The third kappa shape index (κ3) is 3.04. The summed E-state index contributed by atoms with van der Waals surface area (Å²) in [5.74, 6) is -2.69. The van der Waals surface area contributed by atoms with Crippen LogP contribution in [0, 0.1) is 5.92 Å². The van der Waals surface area contributed by atoms with Gasteiger partial charge in [0.2, 0.25) is 5.91 Å². The number of carbonyl (C=O) groups excluding carboxylic acids is 1. The van der Waals surface area contributed by atoms with Crippen LogP contribution in [0.25, 0.3) is 0 Å². The van der Waals surface area contributed by atoms with Gasteiger partial charge in [-0.05, 0) is 6.92 Å². The molecule has 118 valence electrons. The van der Waals surface area contributed by atoms with Crippen molar-refractivity contribution in [1.29, 1.82) is 0 Å². The van der Waals surface area contributed by atoms with E-state index in [4.69, 9.17) is 11.2 Å². The molecule has 0 aromatic rings. The first-order chi connectivity index (χ1) is 10.9. The molecule has 0 aliphatic carbocycles. The molecule has 8 nitrogen and oxygen atoms in total. The summed E-state index contributed by atoms with van der Waals surface area (Å²) < 4.78 is 31.0. The lowest BCUT2D eigenvalue weighted by Crippen LogP contribution is -2.61. The summed E-state index contributed by atoms with van der Waals surface area (Å²) in [5.41, 5.74) is 2.05. The number of nitrogens with zero attached hydrogens (tertiary/aromatic N) is 2. The number of carboxylic acid groups (broad SMARTS) is 1. The van der Waals surface area contributed by atoms with E-state index in [-0.39, 0.29) is 22.5 Å². The highest BCUT2D eigenvalue weighted by atomic mass is 32.2. The SMILES string of the molecule is O.[2H]C([2H])(N=CN)C([2H])([2H])SC1=C(C(=O)O)N2C(=O)[C@H]([C@@H](C)O)[C@H]2C1. The van der Waals surface area contributed by atoms with E-state index < -0.39 is 42.1 Å². The number of aliphatic hydroxyl groups is 1. The second kappa shape index (κ2) is 6.92. The van der Waals surface area contributed by atoms with Gasteiger partial charge in [-0.15, -0.1) is 11.8 Å². The minimum Gasteiger partial charge on any atom is -0.477 e. The molecule has 2 aliphatic heterocycles. The topological polar surface area (TPSA) is 148 Å². The van der Waals surface area contributed by atoms with Gasteiger partial charge in [-0.3, -0.25) is 9.79 Å². The van der Waals surface area contributed by atoms with Crippen molar-refractivity contribution in [3.8, 4) is 0 Å². The fourth-order valence-electron chi connectivity index (χ4n) is 2.47. The Hall–Kier alpha value is -1.58.